The maximum Gasteiger partial charge on any atom is 0.319 e. The van der Waals surface area contributed by atoms with Crippen molar-refractivity contribution < 1.29 is 13.2 Å². The maximum absolute atomic E-state index is 12.5. The molecule has 150 valence electrons. The Bertz CT molecular complexity index is 1170. The number of pyridine rings is 1. The predicted molar refractivity (Wildman–Crippen MR) is 113 cm³/mol. The first-order valence-corrected chi connectivity index (χ1v) is 10.5. The number of amides is 2. The van der Waals surface area contributed by atoms with E-state index in [0.29, 0.717) is 21.7 Å². The second kappa shape index (κ2) is 8.20. The van der Waals surface area contributed by atoms with Gasteiger partial charge in [0.25, 0.3) is 0 Å². The van der Waals surface area contributed by atoms with Gasteiger partial charge in [0, 0.05) is 23.0 Å². The number of primary sulfonamides is 1. The minimum Gasteiger partial charge on any atom is -0.351 e. The van der Waals surface area contributed by atoms with E-state index in [-0.39, 0.29) is 17.1 Å². The number of nitrogens with two attached hydrogens (primary N) is 2. The van der Waals surface area contributed by atoms with Crippen molar-refractivity contribution in [1.29, 1.82) is 0 Å². The van der Waals surface area contributed by atoms with E-state index < -0.39 is 16.1 Å². The van der Waals surface area contributed by atoms with Gasteiger partial charge in [-0.2, -0.15) is 0 Å². The minimum atomic E-state index is -4.20. The quantitative estimate of drug-likeness (QED) is 0.644. The Morgan fingerprint density at radius 1 is 1.17 bits per heavy atom. The smallest absolute Gasteiger partial charge is 0.319 e. The Hall–Kier alpha value is -2.94. The minimum absolute atomic E-state index is 0.0365. The fourth-order valence-corrected chi connectivity index (χ4v) is 4.11. The largest absolute Gasteiger partial charge is 0.351 e. The monoisotopic (exact) mass is 430 g/mol. The number of anilines is 1. The summed E-state index contributed by atoms with van der Waals surface area (Å²) < 4.78 is 25.1. The highest BCUT2D eigenvalue weighted by atomic mass is 35.5. The van der Waals surface area contributed by atoms with E-state index in [2.05, 4.69) is 4.98 Å². The van der Waals surface area contributed by atoms with Gasteiger partial charge in [-0.1, -0.05) is 35.9 Å². The summed E-state index contributed by atoms with van der Waals surface area (Å²) in [6, 6.07) is 12.5. The zero-order chi connectivity index (χ0) is 21.2. The second-order valence-corrected chi connectivity index (χ2v) is 8.35. The third kappa shape index (κ3) is 4.56. The molecule has 0 spiro atoms. The number of carbonyl (C=O) groups excluding carboxylic acids is 1. The van der Waals surface area contributed by atoms with Crippen molar-refractivity contribution in [2.75, 3.05) is 4.90 Å². The zero-order valence-corrected chi connectivity index (χ0v) is 17.1. The van der Waals surface area contributed by atoms with E-state index >= 15 is 0 Å². The molecule has 0 bridgehead atoms. The van der Waals surface area contributed by atoms with Crippen LogP contribution in [0.1, 0.15) is 11.1 Å². The predicted octanol–water partition coefficient (Wildman–Crippen LogP) is 3.44. The van der Waals surface area contributed by atoms with Crippen LogP contribution in [-0.4, -0.2) is 19.4 Å². The molecule has 0 saturated heterocycles. The number of sulfonamides is 1. The molecule has 0 atom stereocenters. The maximum atomic E-state index is 12.5. The Morgan fingerprint density at radius 3 is 2.52 bits per heavy atom. The van der Waals surface area contributed by atoms with Crippen LogP contribution in [0.2, 0.25) is 5.02 Å². The van der Waals surface area contributed by atoms with Crippen molar-refractivity contribution in [2.45, 2.75) is 18.4 Å². The molecule has 3 rings (SSSR count). The van der Waals surface area contributed by atoms with Gasteiger partial charge in [0.2, 0.25) is 10.0 Å². The third-order valence-electron chi connectivity index (χ3n) is 4.37. The highest BCUT2D eigenvalue weighted by Gasteiger charge is 2.26. The number of halogens is 1. The van der Waals surface area contributed by atoms with E-state index in [4.69, 9.17) is 22.5 Å². The summed E-state index contributed by atoms with van der Waals surface area (Å²) in [6.07, 6.45) is 3.16. The molecule has 2 aromatic carbocycles. The van der Waals surface area contributed by atoms with Gasteiger partial charge in [-0.05, 0) is 47.9 Å². The average Bonchev–Trinajstić information content (AvgIpc) is 2.67. The molecule has 29 heavy (non-hydrogen) atoms. The van der Waals surface area contributed by atoms with E-state index in [1.807, 2.05) is 6.92 Å². The van der Waals surface area contributed by atoms with Crippen LogP contribution in [0.3, 0.4) is 0 Å². The van der Waals surface area contributed by atoms with Crippen molar-refractivity contribution in [3.05, 3.63) is 77.1 Å². The van der Waals surface area contributed by atoms with Gasteiger partial charge in [-0.3, -0.25) is 9.88 Å². The fourth-order valence-electron chi connectivity index (χ4n) is 3.03. The van der Waals surface area contributed by atoms with E-state index in [0.717, 1.165) is 10.5 Å². The van der Waals surface area contributed by atoms with Gasteiger partial charge in [0.15, 0.2) is 0 Å². The van der Waals surface area contributed by atoms with Crippen LogP contribution in [0.5, 0.6) is 0 Å². The molecular formula is C20H19ClN4O3S. The Balaban J connectivity index is 2.22. The van der Waals surface area contributed by atoms with Crippen LogP contribution in [0, 0.1) is 6.92 Å². The molecule has 7 nitrogen and oxygen atoms in total. The summed E-state index contributed by atoms with van der Waals surface area (Å²) >= 11 is 6.09. The molecule has 1 heterocycles. The highest BCUT2D eigenvalue weighted by Crippen LogP contribution is 2.36. The number of aryl methyl sites for hydroxylation is 1. The lowest BCUT2D eigenvalue weighted by molar-refractivity contribution is 0.253. The lowest BCUT2D eigenvalue weighted by Crippen LogP contribution is -2.36. The number of carbonyl (C=O) groups is 1. The summed E-state index contributed by atoms with van der Waals surface area (Å²) in [5.41, 5.74) is 8.07. The molecular weight excluding hydrogens is 412 g/mol. The van der Waals surface area contributed by atoms with Crippen LogP contribution in [-0.2, 0) is 16.6 Å². The Kier molecular flexibility index (Phi) is 5.88. The van der Waals surface area contributed by atoms with Crippen LogP contribution >= 0.6 is 11.6 Å². The van der Waals surface area contributed by atoms with Gasteiger partial charge in [-0.15, -0.1) is 0 Å². The number of rotatable bonds is 5. The number of benzene rings is 2. The fraction of sp³-hybridized carbons (Fsp3) is 0.100. The van der Waals surface area contributed by atoms with E-state index in [9.17, 15) is 13.2 Å². The molecule has 0 radical (unpaired) electrons. The molecule has 3 aromatic rings. The van der Waals surface area contributed by atoms with Crippen molar-refractivity contribution in [2.24, 2.45) is 10.9 Å². The molecule has 9 heteroatoms. The zero-order valence-electron chi connectivity index (χ0n) is 15.5. The van der Waals surface area contributed by atoms with E-state index in [1.54, 1.807) is 54.9 Å². The van der Waals surface area contributed by atoms with Crippen LogP contribution < -0.4 is 15.8 Å². The molecule has 4 N–H and O–H groups in total. The standard InChI is InChI=1S/C20H19ClN4O3S/c1-13-10-15(7-8-17(13)21)16-5-2-6-18(19(16)29(23,27)28)25(20(22)26)12-14-4-3-9-24-11-14/h2-11H,12H2,1H3,(H2,22,26)(H2,23,27,28). The molecule has 0 aliphatic heterocycles. The molecule has 0 aliphatic rings. The Labute approximate surface area is 174 Å². The number of aromatic nitrogens is 1. The van der Waals surface area contributed by atoms with Crippen LogP contribution in [0.4, 0.5) is 10.5 Å². The van der Waals surface area contributed by atoms with Crippen LogP contribution in [0.15, 0.2) is 65.8 Å². The van der Waals surface area contributed by atoms with Gasteiger partial charge >= 0.3 is 6.03 Å². The van der Waals surface area contributed by atoms with Gasteiger partial charge in [0.1, 0.15) is 4.90 Å². The summed E-state index contributed by atoms with van der Waals surface area (Å²) in [7, 11) is -4.20. The van der Waals surface area contributed by atoms with Gasteiger partial charge in [0.05, 0.1) is 12.2 Å². The third-order valence-corrected chi connectivity index (χ3v) is 5.79. The summed E-state index contributed by atoms with van der Waals surface area (Å²) in [4.78, 5) is 17.2. The molecule has 1 aromatic heterocycles. The Morgan fingerprint density at radius 2 is 1.93 bits per heavy atom. The van der Waals surface area contributed by atoms with Crippen molar-refractivity contribution in [3.63, 3.8) is 0 Å². The summed E-state index contributed by atoms with van der Waals surface area (Å²) in [5.74, 6) is 0. The lowest BCUT2D eigenvalue weighted by atomic mass is 10.0. The first-order chi connectivity index (χ1) is 13.7. The number of primary amides is 1. The van der Waals surface area contributed by atoms with Crippen molar-refractivity contribution >= 4 is 33.3 Å². The lowest BCUT2D eigenvalue weighted by Gasteiger charge is -2.24. The van der Waals surface area contributed by atoms with Crippen molar-refractivity contribution in [3.8, 4) is 11.1 Å². The molecule has 0 saturated carbocycles. The summed E-state index contributed by atoms with van der Waals surface area (Å²) in [5, 5.41) is 6.10. The van der Waals surface area contributed by atoms with Crippen molar-refractivity contribution in [1.82, 2.24) is 4.98 Å². The first-order valence-electron chi connectivity index (χ1n) is 8.56. The topological polar surface area (TPSA) is 119 Å². The highest BCUT2D eigenvalue weighted by molar-refractivity contribution is 7.89. The number of urea groups is 1. The average molecular weight is 431 g/mol. The van der Waals surface area contributed by atoms with E-state index in [1.165, 1.54) is 6.07 Å². The second-order valence-electron chi connectivity index (χ2n) is 6.45. The van der Waals surface area contributed by atoms with Gasteiger partial charge < -0.3 is 5.73 Å². The molecule has 2 amide bonds. The first kappa shape index (κ1) is 20.8. The molecule has 0 fully saturated rings. The van der Waals surface area contributed by atoms with Crippen LogP contribution in [0.25, 0.3) is 11.1 Å². The molecule has 0 aliphatic carbocycles. The number of nitrogens with zero attached hydrogens (tertiary/aromatic N) is 2. The van der Waals surface area contributed by atoms with Gasteiger partial charge in [-0.25, -0.2) is 18.4 Å². The number of hydrogen-bond acceptors (Lipinski definition) is 4. The SMILES string of the molecule is Cc1cc(-c2cccc(N(Cc3cccnc3)C(N)=O)c2S(N)(=O)=O)ccc1Cl. The summed E-state index contributed by atoms with van der Waals surface area (Å²) in [6.45, 7) is 1.85. The number of hydrogen-bond donors (Lipinski definition) is 2. The normalized spacial score (nSPS) is 11.3. The molecule has 0 unspecified atom stereocenters.